The van der Waals surface area contributed by atoms with Crippen LogP contribution in [0.5, 0.6) is 0 Å². The van der Waals surface area contributed by atoms with Gasteiger partial charge >= 0.3 is 11.7 Å². The molecule has 0 spiro atoms. The number of aldehydes is 1. The highest BCUT2D eigenvalue weighted by atomic mass is 35.5. The normalized spacial score (nSPS) is 11.6. The van der Waals surface area contributed by atoms with Crippen molar-refractivity contribution in [3.63, 3.8) is 0 Å². The van der Waals surface area contributed by atoms with Gasteiger partial charge < -0.3 is 14.4 Å². The van der Waals surface area contributed by atoms with Crippen LogP contribution in [-0.2, 0) is 14.3 Å². The first-order chi connectivity index (χ1) is 10.5. The molecule has 0 aliphatic rings. The molecule has 0 unspecified atom stereocenters. The Bertz CT molecular complexity index is 568. The van der Waals surface area contributed by atoms with Crippen molar-refractivity contribution in [1.29, 1.82) is 0 Å². The Kier molecular flexibility index (Phi) is 6.64. The maximum Gasteiger partial charge on any atom is 0.329 e. The lowest BCUT2D eigenvalue weighted by atomic mass is 10.1. The van der Waals surface area contributed by atoms with Gasteiger partial charge in [-0.3, -0.25) is 10.1 Å². The van der Waals surface area contributed by atoms with E-state index in [4.69, 9.17) is 16.3 Å². The molecule has 120 valence electrons. The van der Waals surface area contributed by atoms with Crippen LogP contribution < -0.4 is 4.90 Å². The average molecular weight is 331 g/mol. The van der Waals surface area contributed by atoms with E-state index in [0.29, 0.717) is 12.7 Å². The summed E-state index contributed by atoms with van der Waals surface area (Å²) in [5, 5.41) is 10.9. The van der Waals surface area contributed by atoms with Crippen LogP contribution in [0.3, 0.4) is 0 Å². The van der Waals surface area contributed by atoms with Crippen molar-refractivity contribution in [3.8, 4) is 0 Å². The standard InChI is InChI=1S/C12H15ClN4O5/c1-3-8(11(19)22-2)16(5-4-6-18)10-9(17(20)21)7-14-12(13)15-10/h6-8H,3-5H2,1-2H3/t8-/m1/s1. The van der Waals surface area contributed by atoms with Gasteiger partial charge in [-0.15, -0.1) is 0 Å². The fourth-order valence-corrected chi connectivity index (χ4v) is 2.07. The first-order valence-electron chi connectivity index (χ1n) is 6.41. The quantitative estimate of drug-likeness (QED) is 0.231. The molecular formula is C12H15ClN4O5. The minimum Gasteiger partial charge on any atom is -0.467 e. The molecule has 0 saturated carbocycles. The highest BCUT2D eigenvalue weighted by Gasteiger charge is 2.31. The van der Waals surface area contributed by atoms with Crippen LogP contribution in [0.4, 0.5) is 11.5 Å². The maximum absolute atomic E-state index is 11.9. The van der Waals surface area contributed by atoms with Gasteiger partial charge in [0, 0.05) is 13.0 Å². The second-order valence-electron chi connectivity index (χ2n) is 4.20. The van der Waals surface area contributed by atoms with E-state index in [2.05, 4.69) is 9.97 Å². The number of halogens is 1. The third kappa shape index (κ3) is 4.10. The Morgan fingerprint density at radius 1 is 1.64 bits per heavy atom. The van der Waals surface area contributed by atoms with Crippen molar-refractivity contribution >= 4 is 35.4 Å². The van der Waals surface area contributed by atoms with Gasteiger partial charge in [0.1, 0.15) is 18.5 Å². The number of aromatic nitrogens is 2. The Morgan fingerprint density at radius 3 is 2.82 bits per heavy atom. The van der Waals surface area contributed by atoms with Crippen LogP contribution in [0, 0.1) is 10.1 Å². The highest BCUT2D eigenvalue weighted by molar-refractivity contribution is 6.28. The first-order valence-corrected chi connectivity index (χ1v) is 6.79. The van der Waals surface area contributed by atoms with Crippen molar-refractivity contribution in [2.24, 2.45) is 0 Å². The zero-order chi connectivity index (χ0) is 16.7. The van der Waals surface area contributed by atoms with E-state index in [1.54, 1.807) is 6.92 Å². The molecule has 0 saturated heterocycles. The lowest BCUT2D eigenvalue weighted by Gasteiger charge is -2.29. The lowest BCUT2D eigenvalue weighted by molar-refractivity contribution is -0.384. The molecule has 0 bridgehead atoms. The van der Waals surface area contributed by atoms with E-state index >= 15 is 0 Å². The molecule has 1 atom stereocenters. The minimum atomic E-state index is -0.824. The number of methoxy groups -OCH3 is 1. The molecule has 1 aromatic rings. The summed E-state index contributed by atoms with van der Waals surface area (Å²) in [6.07, 6.45) is 1.98. The number of hydrogen-bond donors (Lipinski definition) is 0. The molecule has 9 nitrogen and oxygen atoms in total. The van der Waals surface area contributed by atoms with Crippen molar-refractivity contribution in [1.82, 2.24) is 9.97 Å². The van der Waals surface area contributed by atoms with E-state index in [0.717, 1.165) is 6.20 Å². The van der Waals surface area contributed by atoms with Gasteiger partial charge in [-0.1, -0.05) is 6.92 Å². The molecule has 22 heavy (non-hydrogen) atoms. The number of rotatable bonds is 8. The fourth-order valence-electron chi connectivity index (χ4n) is 1.94. The molecule has 1 rings (SSSR count). The third-order valence-corrected chi connectivity index (χ3v) is 3.10. The van der Waals surface area contributed by atoms with Gasteiger partial charge in [0.2, 0.25) is 11.1 Å². The number of hydrogen-bond acceptors (Lipinski definition) is 8. The van der Waals surface area contributed by atoms with Gasteiger partial charge in [-0.2, -0.15) is 4.98 Å². The van der Waals surface area contributed by atoms with Crippen LogP contribution in [0.2, 0.25) is 5.28 Å². The Morgan fingerprint density at radius 2 is 2.32 bits per heavy atom. The molecule has 0 amide bonds. The van der Waals surface area contributed by atoms with E-state index < -0.39 is 22.6 Å². The molecule has 10 heteroatoms. The number of esters is 1. The predicted molar refractivity (Wildman–Crippen MR) is 77.8 cm³/mol. The van der Waals surface area contributed by atoms with Crippen LogP contribution in [0.25, 0.3) is 0 Å². The summed E-state index contributed by atoms with van der Waals surface area (Å²) in [5.74, 6) is -0.707. The van der Waals surface area contributed by atoms with Gasteiger partial charge in [-0.05, 0) is 18.0 Å². The van der Waals surface area contributed by atoms with Crippen LogP contribution >= 0.6 is 11.6 Å². The van der Waals surface area contributed by atoms with Crippen molar-refractivity contribution in [2.45, 2.75) is 25.8 Å². The Hall–Kier alpha value is -2.29. The van der Waals surface area contributed by atoms with E-state index in [9.17, 15) is 19.7 Å². The molecule has 0 N–H and O–H groups in total. The van der Waals surface area contributed by atoms with Crippen LogP contribution in [0.15, 0.2) is 6.20 Å². The second-order valence-corrected chi connectivity index (χ2v) is 4.54. The first kappa shape index (κ1) is 17.8. The fraction of sp³-hybridized carbons (Fsp3) is 0.500. The van der Waals surface area contributed by atoms with Crippen LogP contribution in [0.1, 0.15) is 19.8 Å². The SMILES string of the molecule is CC[C@H](C(=O)OC)N(CCC=O)c1nc(Cl)ncc1[N+](=O)[O-]. The van der Waals surface area contributed by atoms with Gasteiger partial charge in [-0.25, -0.2) is 9.78 Å². The van der Waals surface area contributed by atoms with Gasteiger partial charge in [0.15, 0.2) is 0 Å². The summed E-state index contributed by atoms with van der Waals surface area (Å²) >= 11 is 5.70. The number of carbonyl (C=O) groups excluding carboxylic acids is 2. The molecule has 1 aromatic heterocycles. The maximum atomic E-state index is 11.9. The second kappa shape index (κ2) is 8.23. The summed E-state index contributed by atoms with van der Waals surface area (Å²) in [6.45, 7) is 1.77. The molecule has 1 heterocycles. The molecule has 0 fully saturated rings. The summed E-state index contributed by atoms with van der Waals surface area (Å²) in [5.41, 5.74) is -0.405. The molecule has 0 aliphatic carbocycles. The number of carbonyl (C=O) groups is 2. The Balaban J connectivity index is 3.37. The van der Waals surface area contributed by atoms with Crippen LogP contribution in [-0.4, -0.2) is 46.8 Å². The predicted octanol–water partition coefficient (Wildman–Crippen LogP) is 1.39. The van der Waals surface area contributed by atoms with Gasteiger partial charge in [0.25, 0.3) is 0 Å². The van der Waals surface area contributed by atoms with Crippen molar-refractivity contribution in [3.05, 3.63) is 21.6 Å². The zero-order valence-electron chi connectivity index (χ0n) is 12.1. The molecule has 0 aliphatic heterocycles. The topological polar surface area (TPSA) is 116 Å². The lowest BCUT2D eigenvalue weighted by Crippen LogP contribution is -2.43. The van der Waals surface area contributed by atoms with Gasteiger partial charge in [0.05, 0.1) is 12.0 Å². The highest BCUT2D eigenvalue weighted by Crippen LogP contribution is 2.28. The van der Waals surface area contributed by atoms with E-state index in [1.165, 1.54) is 12.0 Å². The summed E-state index contributed by atoms with van der Waals surface area (Å²) in [4.78, 5) is 41.7. The Labute approximate surface area is 131 Å². The summed E-state index contributed by atoms with van der Waals surface area (Å²) in [6, 6.07) is -0.824. The minimum absolute atomic E-state index is 0.0608. The number of nitro groups is 1. The van der Waals surface area contributed by atoms with E-state index in [-0.39, 0.29) is 24.1 Å². The third-order valence-electron chi connectivity index (χ3n) is 2.91. The largest absolute Gasteiger partial charge is 0.467 e. The smallest absolute Gasteiger partial charge is 0.329 e. The number of nitrogens with zero attached hydrogens (tertiary/aromatic N) is 4. The average Bonchev–Trinajstić information content (AvgIpc) is 2.50. The monoisotopic (exact) mass is 330 g/mol. The summed E-state index contributed by atoms with van der Waals surface area (Å²) in [7, 11) is 1.21. The summed E-state index contributed by atoms with van der Waals surface area (Å²) < 4.78 is 4.70. The number of anilines is 1. The molecular weight excluding hydrogens is 316 g/mol. The molecule has 0 radical (unpaired) electrons. The zero-order valence-corrected chi connectivity index (χ0v) is 12.8. The number of ether oxygens (including phenoxy) is 1. The molecule has 0 aromatic carbocycles. The van der Waals surface area contributed by atoms with E-state index in [1.807, 2.05) is 0 Å². The van der Waals surface area contributed by atoms with Crippen molar-refractivity contribution < 1.29 is 19.2 Å². The van der Waals surface area contributed by atoms with Crippen molar-refractivity contribution in [2.75, 3.05) is 18.6 Å².